The van der Waals surface area contributed by atoms with E-state index in [0.29, 0.717) is 0 Å². The van der Waals surface area contributed by atoms with Gasteiger partial charge in [-0.25, -0.2) is 4.99 Å². The van der Waals surface area contributed by atoms with E-state index in [1.165, 1.54) is 43.4 Å². The fraction of sp³-hybridized carbons (Fsp3) is 0.0290. The van der Waals surface area contributed by atoms with Crippen molar-refractivity contribution < 1.29 is 0 Å². The molecule has 0 saturated carbocycles. The molecule has 0 amide bonds. The largest absolute Gasteiger partial charge is 0.337 e. The molecule has 1 aliphatic heterocycles. The van der Waals surface area contributed by atoms with Crippen molar-refractivity contribution in [1.29, 1.82) is 0 Å². The van der Waals surface area contributed by atoms with Crippen LogP contribution in [-0.4, -0.2) is 19.5 Å². The Bertz CT molecular complexity index is 4520. The maximum atomic E-state index is 5.47. The molecule has 0 saturated heterocycles. The summed E-state index contributed by atoms with van der Waals surface area (Å²) in [6.07, 6.45) is -0.779. The number of benzene rings is 11. The highest BCUT2D eigenvalue weighted by Crippen LogP contribution is 2.50. The van der Waals surface area contributed by atoms with Crippen LogP contribution in [0.25, 0.3) is 110 Å². The molecule has 354 valence electrons. The molecule has 2 atom stereocenters. The first-order valence-electron chi connectivity index (χ1n) is 25.8. The van der Waals surface area contributed by atoms with Gasteiger partial charge < -0.3 is 19.0 Å². The second-order valence-corrected chi connectivity index (χ2v) is 19.5. The molecule has 75 heavy (non-hydrogen) atoms. The van der Waals surface area contributed by atoms with E-state index < -0.39 is 6.29 Å². The fourth-order valence-corrected chi connectivity index (χ4v) is 12.1. The molecule has 0 spiro atoms. The summed E-state index contributed by atoms with van der Waals surface area (Å²) in [6, 6.07) is 96.7. The second kappa shape index (κ2) is 17.5. The van der Waals surface area contributed by atoms with Gasteiger partial charge in [-0.15, -0.1) is 0 Å². The monoisotopic (exact) mass is 960 g/mol. The van der Waals surface area contributed by atoms with E-state index >= 15 is 0 Å². The van der Waals surface area contributed by atoms with Crippen LogP contribution in [0.4, 0.5) is 0 Å². The predicted molar refractivity (Wildman–Crippen MR) is 312 cm³/mol. The van der Waals surface area contributed by atoms with Crippen LogP contribution in [0, 0.1) is 0 Å². The minimum Gasteiger partial charge on any atom is -0.337 e. The van der Waals surface area contributed by atoms with Crippen molar-refractivity contribution >= 4 is 71.3 Å². The number of amidine groups is 1. The standard InChI is InChI=1S/C69H48N6/c1-6-23-45(24-7-1)49-31-22-32-50(43-49)68-70-67(48-29-12-4-13-30-48)71-69(72-68)75-59-39-20-17-36-53(59)55-42-41-54-52-35-16-19-38-58(52)74(65(54)66(55)75)61-44-57(46-25-8-2-9-26-46)64-63(62(61)47-27-10-3-11-28-47)56-37-18-21-40-60(56)73(64)51-33-14-5-15-34-51/h1-44,67,69,71H,(H,70,72). The summed E-state index contributed by atoms with van der Waals surface area (Å²) in [7, 11) is 0. The van der Waals surface area contributed by atoms with Crippen LogP contribution in [-0.2, 0) is 0 Å². The van der Waals surface area contributed by atoms with Crippen molar-refractivity contribution in [3.63, 3.8) is 0 Å². The molecule has 14 aromatic rings. The lowest BCUT2D eigenvalue weighted by Gasteiger charge is -2.34. The molecule has 2 unspecified atom stereocenters. The van der Waals surface area contributed by atoms with E-state index in [4.69, 9.17) is 4.99 Å². The van der Waals surface area contributed by atoms with Gasteiger partial charge in [0.05, 0.1) is 38.8 Å². The Morgan fingerprint density at radius 2 is 0.880 bits per heavy atom. The first-order chi connectivity index (χ1) is 37.2. The Labute approximate surface area is 433 Å². The molecule has 2 N–H and O–H groups in total. The number of aromatic nitrogens is 3. The Morgan fingerprint density at radius 1 is 0.360 bits per heavy atom. The lowest BCUT2D eigenvalue weighted by atomic mass is 9.92. The summed E-state index contributed by atoms with van der Waals surface area (Å²) < 4.78 is 7.57. The maximum Gasteiger partial charge on any atom is 0.162 e. The van der Waals surface area contributed by atoms with Crippen molar-refractivity contribution in [2.45, 2.75) is 12.5 Å². The van der Waals surface area contributed by atoms with Crippen LogP contribution in [0.3, 0.4) is 0 Å². The Balaban J connectivity index is 1.07. The van der Waals surface area contributed by atoms with Gasteiger partial charge in [-0.2, -0.15) is 0 Å². The van der Waals surface area contributed by atoms with Crippen molar-refractivity contribution in [1.82, 2.24) is 24.3 Å². The van der Waals surface area contributed by atoms with Crippen LogP contribution in [0.15, 0.2) is 272 Å². The molecule has 0 fully saturated rings. The summed E-state index contributed by atoms with van der Waals surface area (Å²) in [5, 5.41) is 15.2. The molecule has 11 aromatic carbocycles. The molecule has 6 heteroatoms. The number of hydrogen-bond acceptors (Lipinski definition) is 3. The average Bonchev–Trinajstić information content (AvgIpc) is 4.27. The zero-order valence-corrected chi connectivity index (χ0v) is 40.8. The number of nitrogens with zero attached hydrogens (tertiary/aromatic N) is 4. The maximum absolute atomic E-state index is 5.47. The molecule has 0 bridgehead atoms. The third-order valence-corrected chi connectivity index (χ3v) is 15.3. The summed E-state index contributed by atoms with van der Waals surface area (Å²) in [5.41, 5.74) is 18.1. The summed E-state index contributed by atoms with van der Waals surface area (Å²) >= 11 is 0. The minimum atomic E-state index is -0.428. The zero-order chi connectivity index (χ0) is 49.4. The van der Waals surface area contributed by atoms with Crippen LogP contribution in [0.1, 0.15) is 23.6 Å². The highest BCUT2D eigenvalue weighted by atomic mass is 15.4. The van der Waals surface area contributed by atoms with Gasteiger partial charge in [0.25, 0.3) is 0 Å². The summed E-state index contributed by atoms with van der Waals surface area (Å²) in [6.45, 7) is 0. The van der Waals surface area contributed by atoms with Gasteiger partial charge in [-0.05, 0) is 70.3 Å². The molecule has 3 aromatic heterocycles. The highest BCUT2D eigenvalue weighted by Gasteiger charge is 2.32. The Morgan fingerprint density at radius 3 is 1.57 bits per heavy atom. The number of para-hydroxylation sites is 4. The number of aliphatic imine (C=N–C) groups is 1. The quantitative estimate of drug-likeness (QED) is 0.159. The van der Waals surface area contributed by atoms with E-state index in [1.807, 2.05) is 0 Å². The van der Waals surface area contributed by atoms with Gasteiger partial charge in [-0.1, -0.05) is 224 Å². The zero-order valence-electron chi connectivity index (χ0n) is 40.8. The summed E-state index contributed by atoms with van der Waals surface area (Å²) in [5.74, 6) is 0.822. The second-order valence-electron chi connectivity index (χ2n) is 19.5. The normalized spacial score (nSPS) is 14.8. The number of fused-ring (bicyclic) bond motifs is 10. The topological polar surface area (TPSA) is 51.2 Å². The third-order valence-electron chi connectivity index (χ3n) is 15.3. The molecule has 4 heterocycles. The SMILES string of the molecule is c1ccc(-c2cccc(C3=NC(c4ccccc4)NC(n4c5ccccc5c5ccc6c7ccccc7n(-c7cc(-c8ccccc8)c8c(c7-c7ccccc7)c7ccccc7n8-c7ccccc7)c6c54)N3)c2)cc1. The van der Waals surface area contributed by atoms with Gasteiger partial charge in [0.2, 0.25) is 0 Å². The molecule has 6 nitrogen and oxygen atoms in total. The lowest BCUT2D eigenvalue weighted by molar-refractivity contribution is 0.330. The minimum absolute atomic E-state index is 0.350. The molecule has 1 aliphatic rings. The first-order valence-corrected chi connectivity index (χ1v) is 25.8. The third kappa shape index (κ3) is 6.88. The molecule has 0 radical (unpaired) electrons. The van der Waals surface area contributed by atoms with E-state index in [2.05, 4.69) is 291 Å². The molecular formula is C69H48N6. The van der Waals surface area contributed by atoms with Gasteiger partial charge in [0.15, 0.2) is 6.29 Å². The highest BCUT2D eigenvalue weighted by molar-refractivity contribution is 6.26. The van der Waals surface area contributed by atoms with E-state index in [-0.39, 0.29) is 6.17 Å². The fourth-order valence-electron chi connectivity index (χ4n) is 12.1. The van der Waals surface area contributed by atoms with Gasteiger partial charge in [-0.3, -0.25) is 5.32 Å². The average molecular weight is 961 g/mol. The van der Waals surface area contributed by atoms with Crippen LogP contribution in [0.2, 0.25) is 0 Å². The van der Waals surface area contributed by atoms with Crippen LogP contribution < -0.4 is 10.6 Å². The Kier molecular flexibility index (Phi) is 10.00. The van der Waals surface area contributed by atoms with E-state index in [1.54, 1.807) is 0 Å². The van der Waals surface area contributed by atoms with E-state index in [0.717, 1.165) is 83.7 Å². The van der Waals surface area contributed by atoms with Crippen molar-refractivity contribution in [3.05, 3.63) is 278 Å². The summed E-state index contributed by atoms with van der Waals surface area (Å²) in [4.78, 5) is 5.47. The lowest BCUT2D eigenvalue weighted by Crippen LogP contribution is -2.47. The Hall–Kier alpha value is -9.75. The van der Waals surface area contributed by atoms with E-state index in [9.17, 15) is 0 Å². The van der Waals surface area contributed by atoms with Crippen molar-refractivity contribution in [2.24, 2.45) is 4.99 Å². The smallest absolute Gasteiger partial charge is 0.162 e. The number of rotatable bonds is 8. The first kappa shape index (κ1) is 42.9. The number of hydrogen-bond donors (Lipinski definition) is 2. The molecular weight excluding hydrogens is 913 g/mol. The van der Waals surface area contributed by atoms with Crippen LogP contribution >= 0.6 is 0 Å². The predicted octanol–water partition coefficient (Wildman–Crippen LogP) is 16.8. The molecule has 15 rings (SSSR count). The van der Waals surface area contributed by atoms with Gasteiger partial charge in [0.1, 0.15) is 12.0 Å². The van der Waals surface area contributed by atoms with Gasteiger partial charge in [0, 0.05) is 54.7 Å². The molecule has 0 aliphatic carbocycles. The van der Waals surface area contributed by atoms with Crippen LogP contribution in [0.5, 0.6) is 0 Å². The number of nitrogens with one attached hydrogen (secondary N) is 2. The van der Waals surface area contributed by atoms with Gasteiger partial charge >= 0.3 is 0 Å². The van der Waals surface area contributed by atoms with Crippen molar-refractivity contribution in [3.8, 4) is 44.8 Å². The van der Waals surface area contributed by atoms with Crippen molar-refractivity contribution in [2.75, 3.05) is 0 Å².